The van der Waals surface area contributed by atoms with E-state index in [1.54, 1.807) is 49.4 Å². The molecule has 0 aliphatic heterocycles. The molecule has 0 atom stereocenters. The number of aryl methyl sites for hydroxylation is 1. The fraction of sp³-hybridized carbons (Fsp3) is 0.278. The maximum atomic E-state index is 12.2. The predicted octanol–water partition coefficient (Wildman–Crippen LogP) is 3.06. The Morgan fingerprint density at radius 3 is 2.52 bits per heavy atom. The van der Waals surface area contributed by atoms with Crippen LogP contribution in [-0.2, 0) is 16.4 Å². The molecule has 0 heterocycles. The summed E-state index contributed by atoms with van der Waals surface area (Å²) in [4.78, 5) is 2.28. The van der Waals surface area contributed by atoms with Gasteiger partial charge in [-0.25, -0.2) is 4.83 Å². The topological polar surface area (TPSA) is 88.0 Å². The number of phenols is 1. The van der Waals surface area contributed by atoms with Crippen molar-refractivity contribution in [3.8, 4) is 11.5 Å². The minimum Gasteiger partial charge on any atom is -0.504 e. The van der Waals surface area contributed by atoms with Gasteiger partial charge in [-0.3, -0.25) is 0 Å². The van der Waals surface area contributed by atoms with Crippen molar-refractivity contribution in [2.45, 2.75) is 31.6 Å². The predicted molar refractivity (Wildman–Crippen MR) is 97.6 cm³/mol. The molecule has 0 bridgehead atoms. The summed E-state index contributed by atoms with van der Waals surface area (Å²) >= 11 is 0. The van der Waals surface area contributed by atoms with E-state index in [0.717, 1.165) is 18.4 Å². The summed E-state index contributed by atoms with van der Waals surface area (Å²) < 4.78 is 29.7. The molecular weight excluding hydrogens is 340 g/mol. The smallest absolute Gasteiger partial charge is 0.276 e. The number of nitrogens with one attached hydrogen (secondary N) is 1. The van der Waals surface area contributed by atoms with Crippen molar-refractivity contribution in [1.29, 1.82) is 0 Å². The van der Waals surface area contributed by atoms with Crippen LogP contribution in [-0.4, -0.2) is 26.3 Å². The minimum absolute atomic E-state index is 0.0868. The van der Waals surface area contributed by atoms with Crippen LogP contribution in [0.25, 0.3) is 0 Å². The van der Waals surface area contributed by atoms with E-state index in [9.17, 15) is 13.5 Å². The molecule has 0 aliphatic rings. The first kappa shape index (κ1) is 18.8. The Morgan fingerprint density at radius 1 is 1.16 bits per heavy atom. The second kappa shape index (κ2) is 8.53. The van der Waals surface area contributed by atoms with E-state index in [0.29, 0.717) is 17.9 Å². The Labute approximate surface area is 148 Å². The van der Waals surface area contributed by atoms with Crippen LogP contribution in [0.5, 0.6) is 11.5 Å². The lowest BCUT2D eigenvalue weighted by Gasteiger charge is -2.07. The molecule has 2 rings (SSSR count). The number of sulfonamides is 1. The highest BCUT2D eigenvalue weighted by atomic mass is 32.2. The van der Waals surface area contributed by atoms with Crippen LogP contribution in [0.4, 0.5) is 0 Å². The lowest BCUT2D eigenvalue weighted by atomic mass is 10.1. The lowest BCUT2D eigenvalue weighted by molar-refractivity contribution is 0.318. The largest absolute Gasteiger partial charge is 0.504 e. The van der Waals surface area contributed by atoms with Crippen molar-refractivity contribution in [2.75, 3.05) is 6.61 Å². The van der Waals surface area contributed by atoms with Crippen LogP contribution in [0.1, 0.15) is 31.4 Å². The average Bonchev–Trinajstić information content (AvgIpc) is 2.59. The van der Waals surface area contributed by atoms with E-state index < -0.39 is 10.0 Å². The Balaban J connectivity index is 2.11. The van der Waals surface area contributed by atoms with E-state index in [4.69, 9.17) is 4.74 Å². The van der Waals surface area contributed by atoms with Gasteiger partial charge in [0.05, 0.1) is 17.7 Å². The zero-order valence-electron chi connectivity index (χ0n) is 14.3. The van der Waals surface area contributed by atoms with Gasteiger partial charge in [0.25, 0.3) is 10.0 Å². The first-order chi connectivity index (χ1) is 12.0. The maximum absolute atomic E-state index is 12.2. The number of ether oxygens (including phenoxy) is 1. The molecule has 6 nitrogen and oxygen atoms in total. The number of para-hydroxylation sites is 1. The number of hydrogen-bond donors (Lipinski definition) is 2. The Morgan fingerprint density at radius 2 is 1.88 bits per heavy atom. The van der Waals surface area contributed by atoms with Gasteiger partial charge in [-0.15, -0.1) is 0 Å². The van der Waals surface area contributed by atoms with Gasteiger partial charge in [-0.1, -0.05) is 31.5 Å². The van der Waals surface area contributed by atoms with Gasteiger partial charge in [0.1, 0.15) is 0 Å². The first-order valence-electron chi connectivity index (χ1n) is 8.06. The zero-order chi connectivity index (χ0) is 18.3. The van der Waals surface area contributed by atoms with Crippen LogP contribution in [0, 0.1) is 0 Å². The quantitative estimate of drug-likeness (QED) is 0.558. The molecule has 0 saturated carbocycles. The monoisotopic (exact) mass is 362 g/mol. The van der Waals surface area contributed by atoms with Gasteiger partial charge < -0.3 is 9.84 Å². The molecule has 0 saturated heterocycles. The van der Waals surface area contributed by atoms with Crippen LogP contribution < -0.4 is 9.57 Å². The summed E-state index contributed by atoms with van der Waals surface area (Å²) in [6.07, 6.45) is 3.14. The molecule has 134 valence electrons. The summed E-state index contributed by atoms with van der Waals surface area (Å²) in [5.41, 5.74) is 1.44. The van der Waals surface area contributed by atoms with Crippen LogP contribution >= 0.6 is 0 Å². The van der Waals surface area contributed by atoms with Crippen molar-refractivity contribution >= 4 is 16.2 Å². The van der Waals surface area contributed by atoms with Crippen molar-refractivity contribution in [2.24, 2.45) is 5.10 Å². The molecule has 0 fully saturated rings. The van der Waals surface area contributed by atoms with Crippen molar-refractivity contribution in [1.82, 2.24) is 4.83 Å². The third-order valence-corrected chi connectivity index (χ3v) is 4.72. The fourth-order valence-electron chi connectivity index (χ4n) is 2.26. The standard InChI is InChI=1S/C18H22N2O4S/c1-3-6-14-9-11-16(12-10-14)25(22,23)20-19-13-15-7-5-8-17(18(15)21)24-4-2/h5,7-13,20-21H,3-4,6H2,1-2H3/b19-13-. The summed E-state index contributed by atoms with van der Waals surface area (Å²) in [6.45, 7) is 4.28. The molecule has 2 aromatic carbocycles. The molecule has 0 spiro atoms. The van der Waals surface area contributed by atoms with Gasteiger partial charge in [0, 0.05) is 5.56 Å². The molecule has 0 radical (unpaired) electrons. The highest BCUT2D eigenvalue weighted by molar-refractivity contribution is 7.89. The van der Waals surface area contributed by atoms with Crippen molar-refractivity contribution in [3.05, 3.63) is 53.6 Å². The third-order valence-electron chi connectivity index (χ3n) is 3.48. The van der Waals surface area contributed by atoms with Crippen LogP contribution in [0.3, 0.4) is 0 Å². The van der Waals surface area contributed by atoms with Gasteiger partial charge in [-0.05, 0) is 43.2 Å². The number of rotatable bonds is 8. The molecule has 0 aliphatic carbocycles. The normalized spacial score (nSPS) is 11.6. The second-order valence-electron chi connectivity index (χ2n) is 5.37. The molecular formula is C18H22N2O4S. The molecule has 25 heavy (non-hydrogen) atoms. The molecule has 0 aromatic heterocycles. The van der Waals surface area contributed by atoms with E-state index in [1.165, 1.54) is 6.21 Å². The molecule has 0 unspecified atom stereocenters. The Bertz CT molecular complexity index is 831. The number of benzene rings is 2. The van der Waals surface area contributed by atoms with E-state index in [1.807, 2.05) is 0 Å². The number of nitrogens with zero attached hydrogens (tertiary/aromatic N) is 1. The van der Waals surface area contributed by atoms with Crippen LogP contribution in [0.2, 0.25) is 0 Å². The number of phenolic OH excluding ortho intramolecular Hbond substituents is 1. The highest BCUT2D eigenvalue weighted by Crippen LogP contribution is 2.28. The van der Waals surface area contributed by atoms with Gasteiger partial charge in [0.2, 0.25) is 0 Å². The molecule has 7 heteroatoms. The number of hydrogen-bond acceptors (Lipinski definition) is 5. The summed E-state index contributed by atoms with van der Waals surface area (Å²) in [5, 5.41) is 13.8. The molecule has 2 N–H and O–H groups in total. The van der Waals surface area contributed by atoms with Crippen molar-refractivity contribution < 1.29 is 18.3 Å². The summed E-state index contributed by atoms with van der Waals surface area (Å²) in [7, 11) is -3.76. The van der Waals surface area contributed by atoms with Gasteiger partial charge in [-0.2, -0.15) is 13.5 Å². The maximum Gasteiger partial charge on any atom is 0.276 e. The van der Waals surface area contributed by atoms with E-state index in [2.05, 4.69) is 16.9 Å². The number of hydrazone groups is 1. The van der Waals surface area contributed by atoms with Crippen LogP contribution in [0.15, 0.2) is 52.5 Å². The lowest BCUT2D eigenvalue weighted by Crippen LogP contribution is -2.18. The van der Waals surface area contributed by atoms with E-state index in [-0.39, 0.29) is 10.6 Å². The highest BCUT2D eigenvalue weighted by Gasteiger charge is 2.12. The third kappa shape index (κ3) is 4.96. The Hall–Kier alpha value is -2.54. The zero-order valence-corrected chi connectivity index (χ0v) is 15.1. The first-order valence-corrected chi connectivity index (χ1v) is 9.54. The molecule has 2 aromatic rings. The number of aromatic hydroxyl groups is 1. The average molecular weight is 362 g/mol. The fourth-order valence-corrected chi connectivity index (χ4v) is 3.05. The van der Waals surface area contributed by atoms with Crippen molar-refractivity contribution in [3.63, 3.8) is 0 Å². The SMILES string of the molecule is CCCc1ccc(S(=O)(=O)N/N=C\c2cccc(OCC)c2O)cc1. The van der Waals surface area contributed by atoms with Gasteiger partial charge in [0.15, 0.2) is 11.5 Å². The Kier molecular flexibility index (Phi) is 6.41. The van der Waals surface area contributed by atoms with Gasteiger partial charge >= 0.3 is 0 Å². The second-order valence-corrected chi connectivity index (χ2v) is 7.03. The summed E-state index contributed by atoms with van der Waals surface area (Å²) in [6, 6.07) is 11.6. The summed E-state index contributed by atoms with van der Waals surface area (Å²) in [5.74, 6) is 0.233. The van der Waals surface area contributed by atoms with E-state index >= 15 is 0 Å². The minimum atomic E-state index is -3.76. The molecule has 0 amide bonds.